The van der Waals surface area contributed by atoms with Gasteiger partial charge in [0, 0.05) is 24.5 Å². The molecule has 1 saturated carbocycles. The summed E-state index contributed by atoms with van der Waals surface area (Å²) in [5.74, 6) is 0.391. The number of hydrogen-bond donors (Lipinski definition) is 1. The highest BCUT2D eigenvalue weighted by Gasteiger charge is 2.42. The van der Waals surface area contributed by atoms with Gasteiger partial charge >= 0.3 is 0 Å². The van der Waals surface area contributed by atoms with Gasteiger partial charge in [-0.3, -0.25) is 4.79 Å². The van der Waals surface area contributed by atoms with Crippen molar-refractivity contribution in [2.24, 2.45) is 11.1 Å². The second-order valence-electron chi connectivity index (χ2n) is 5.49. The van der Waals surface area contributed by atoms with E-state index in [0.717, 1.165) is 45.2 Å². The normalized spacial score (nSPS) is 27.6. The van der Waals surface area contributed by atoms with Gasteiger partial charge in [0.05, 0.1) is 0 Å². The van der Waals surface area contributed by atoms with E-state index in [0.29, 0.717) is 5.91 Å². The number of carbonyl (C=O) groups excluding carboxylic acids is 1. The van der Waals surface area contributed by atoms with Gasteiger partial charge in [0.1, 0.15) is 0 Å². The molecule has 1 atom stereocenters. The molecule has 0 bridgehead atoms. The molecule has 1 amide bonds. The number of likely N-dealkylation sites (tertiary alicyclic amines) is 1. The highest BCUT2D eigenvalue weighted by atomic mass is 35.5. The molecule has 4 heteroatoms. The lowest BCUT2D eigenvalue weighted by molar-refractivity contribution is -0.143. The SMILES string of the molecule is CCC1(C(=O)N2CCC[C@@H](N)C2)CCCC1.Cl. The molecule has 1 aliphatic heterocycles. The van der Waals surface area contributed by atoms with Gasteiger partial charge in [-0.2, -0.15) is 0 Å². The van der Waals surface area contributed by atoms with Gasteiger partial charge in [0.2, 0.25) is 5.91 Å². The average molecular weight is 261 g/mol. The zero-order valence-corrected chi connectivity index (χ0v) is 11.6. The van der Waals surface area contributed by atoms with Gasteiger partial charge in [0.15, 0.2) is 0 Å². The fraction of sp³-hybridized carbons (Fsp3) is 0.923. The number of nitrogens with zero attached hydrogens (tertiary/aromatic N) is 1. The number of carbonyl (C=O) groups is 1. The smallest absolute Gasteiger partial charge is 0.228 e. The maximum absolute atomic E-state index is 12.6. The molecule has 2 aliphatic rings. The first-order chi connectivity index (χ1) is 7.68. The second kappa shape index (κ2) is 6.05. The topological polar surface area (TPSA) is 46.3 Å². The zero-order chi connectivity index (χ0) is 11.6. The van der Waals surface area contributed by atoms with Crippen molar-refractivity contribution in [3.63, 3.8) is 0 Å². The van der Waals surface area contributed by atoms with Gasteiger partial charge in [-0.25, -0.2) is 0 Å². The molecule has 1 saturated heterocycles. The van der Waals surface area contributed by atoms with E-state index in [2.05, 4.69) is 6.92 Å². The van der Waals surface area contributed by atoms with E-state index in [4.69, 9.17) is 5.73 Å². The monoisotopic (exact) mass is 260 g/mol. The molecule has 0 aromatic heterocycles. The molecule has 3 nitrogen and oxygen atoms in total. The lowest BCUT2D eigenvalue weighted by Gasteiger charge is -2.37. The Morgan fingerprint density at radius 3 is 2.53 bits per heavy atom. The van der Waals surface area contributed by atoms with Crippen molar-refractivity contribution < 1.29 is 4.79 Å². The molecule has 0 aromatic rings. The Kier molecular flexibility index (Phi) is 5.26. The molecule has 0 spiro atoms. The highest BCUT2D eigenvalue weighted by Crippen LogP contribution is 2.42. The summed E-state index contributed by atoms with van der Waals surface area (Å²) in [7, 11) is 0. The molecule has 1 heterocycles. The Morgan fingerprint density at radius 1 is 1.35 bits per heavy atom. The van der Waals surface area contributed by atoms with Crippen LogP contribution >= 0.6 is 12.4 Å². The summed E-state index contributed by atoms with van der Waals surface area (Å²) in [6.07, 6.45) is 7.77. The lowest BCUT2D eigenvalue weighted by Crippen LogP contribution is -2.50. The molecule has 2 fully saturated rings. The van der Waals surface area contributed by atoms with Crippen molar-refractivity contribution >= 4 is 18.3 Å². The largest absolute Gasteiger partial charge is 0.341 e. The summed E-state index contributed by atoms with van der Waals surface area (Å²) in [4.78, 5) is 14.6. The summed E-state index contributed by atoms with van der Waals surface area (Å²) < 4.78 is 0. The maximum Gasteiger partial charge on any atom is 0.228 e. The van der Waals surface area contributed by atoms with E-state index >= 15 is 0 Å². The van der Waals surface area contributed by atoms with Crippen molar-refractivity contribution in [2.75, 3.05) is 13.1 Å². The van der Waals surface area contributed by atoms with Crippen molar-refractivity contribution in [3.8, 4) is 0 Å². The Balaban J connectivity index is 0.00000144. The third-order valence-corrected chi connectivity index (χ3v) is 4.44. The second-order valence-corrected chi connectivity index (χ2v) is 5.49. The van der Waals surface area contributed by atoms with Crippen LogP contribution in [0.3, 0.4) is 0 Å². The molecular weight excluding hydrogens is 236 g/mol. The predicted molar refractivity (Wildman–Crippen MR) is 72.2 cm³/mol. The fourth-order valence-corrected chi connectivity index (χ4v) is 3.30. The number of nitrogens with two attached hydrogens (primary N) is 1. The lowest BCUT2D eigenvalue weighted by atomic mass is 9.81. The summed E-state index contributed by atoms with van der Waals surface area (Å²) in [5, 5.41) is 0. The Labute approximate surface area is 111 Å². The minimum atomic E-state index is -0.0307. The molecule has 0 aromatic carbocycles. The van der Waals surface area contributed by atoms with Crippen LogP contribution in [-0.4, -0.2) is 29.9 Å². The first-order valence-electron chi connectivity index (χ1n) is 6.73. The summed E-state index contributed by atoms with van der Waals surface area (Å²) >= 11 is 0. The number of piperidine rings is 1. The standard InChI is InChI=1S/C13H24N2O.ClH/c1-2-13(7-3-4-8-13)12(16)15-9-5-6-11(14)10-15;/h11H,2-10,14H2,1H3;1H/t11-;/m1./s1. The van der Waals surface area contributed by atoms with Crippen LogP contribution in [-0.2, 0) is 4.79 Å². The Hall–Kier alpha value is -0.280. The summed E-state index contributed by atoms with van der Waals surface area (Å²) in [6, 6.07) is 0.202. The minimum absolute atomic E-state index is 0. The molecule has 17 heavy (non-hydrogen) atoms. The molecule has 2 rings (SSSR count). The van der Waals surface area contributed by atoms with E-state index in [1.54, 1.807) is 0 Å². The molecule has 0 unspecified atom stereocenters. The van der Waals surface area contributed by atoms with E-state index in [1.807, 2.05) is 4.90 Å². The first kappa shape index (κ1) is 14.8. The highest BCUT2D eigenvalue weighted by molar-refractivity contribution is 5.85. The maximum atomic E-state index is 12.6. The predicted octanol–water partition coefficient (Wildman–Crippen LogP) is 2.33. The third-order valence-electron chi connectivity index (χ3n) is 4.44. The van der Waals surface area contributed by atoms with Crippen molar-refractivity contribution in [1.29, 1.82) is 0 Å². The number of halogens is 1. The summed E-state index contributed by atoms with van der Waals surface area (Å²) in [5.41, 5.74) is 5.92. The number of hydrogen-bond acceptors (Lipinski definition) is 2. The third kappa shape index (κ3) is 2.94. The molecule has 2 N–H and O–H groups in total. The van der Waals surface area contributed by atoms with Gasteiger partial charge in [-0.05, 0) is 32.1 Å². The van der Waals surface area contributed by atoms with Gasteiger partial charge in [-0.1, -0.05) is 19.8 Å². The number of amides is 1. The average Bonchev–Trinajstić information content (AvgIpc) is 2.78. The Morgan fingerprint density at radius 2 is 2.00 bits per heavy atom. The van der Waals surface area contributed by atoms with Crippen LogP contribution in [0.5, 0.6) is 0 Å². The first-order valence-corrected chi connectivity index (χ1v) is 6.73. The van der Waals surface area contributed by atoms with Crippen LogP contribution in [0.25, 0.3) is 0 Å². The van der Waals surface area contributed by atoms with Crippen LogP contribution < -0.4 is 5.73 Å². The van der Waals surface area contributed by atoms with Crippen molar-refractivity contribution in [3.05, 3.63) is 0 Å². The van der Waals surface area contributed by atoms with E-state index < -0.39 is 0 Å². The quantitative estimate of drug-likeness (QED) is 0.828. The van der Waals surface area contributed by atoms with E-state index in [-0.39, 0.29) is 23.9 Å². The van der Waals surface area contributed by atoms with Crippen LogP contribution in [0.2, 0.25) is 0 Å². The van der Waals surface area contributed by atoms with Crippen molar-refractivity contribution in [1.82, 2.24) is 4.90 Å². The zero-order valence-electron chi connectivity index (χ0n) is 10.8. The van der Waals surface area contributed by atoms with E-state index in [1.165, 1.54) is 12.8 Å². The molecule has 100 valence electrons. The van der Waals surface area contributed by atoms with Crippen LogP contribution in [0.4, 0.5) is 0 Å². The van der Waals surface area contributed by atoms with Gasteiger partial charge < -0.3 is 10.6 Å². The molecule has 0 radical (unpaired) electrons. The van der Waals surface area contributed by atoms with Crippen molar-refractivity contribution in [2.45, 2.75) is 57.9 Å². The Bertz CT molecular complexity index is 264. The van der Waals surface area contributed by atoms with Crippen LogP contribution in [0, 0.1) is 5.41 Å². The minimum Gasteiger partial charge on any atom is -0.341 e. The molecular formula is C13H25ClN2O. The summed E-state index contributed by atoms with van der Waals surface area (Å²) in [6.45, 7) is 3.86. The fourth-order valence-electron chi connectivity index (χ4n) is 3.30. The molecule has 1 aliphatic carbocycles. The number of rotatable bonds is 2. The van der Waals surface area contributed by atoms with Gasteiger partial charge in [-0.15, -0.1) is 12.4 Å². The van der Waals surface area contributed by atoms with Crippen LogP contribution in [0.15, 0.2) is 0 Å². The van der Waals surface area contributed by atoms with Gasteiger partial charge in [0.25, 0.3) is 0 Å². The van der Waals surface area contributed by atoms with E-state index in [9.17, 15) is 4.79 Å². The van der Waals surface area contributed by atoms with Crippen LogP contribution in [0.1, 0.15) is 51.9 Å².